The van der Waals surface area contributed by atoms with E-state index < -0.39 is 19.7 Å². The van der Waals surface area contributed by atoms with Crippen LogP contribution in [0, 0.1) is 11.6 Å². The molecule has 0 fully saturated rings. The summed E-state index contributed by atoms with van der Waals surface area (Å²) >= 11 is 3.64. The standard InChI is InChI=1S/C58H45F2N3S2Si/c1-34-27-52-44(42-11-5-6-12-43(42)49-24-21-41(33-61(49)52)66(2,3)4)22-17-35-18-23-46-47-30-36(37-28-38(59)31-39(60)29-37)19-25-55(47)65-57(46)56(35)58-62(34)50-14-8-9-15-51(50)63(58)40-20-26-54-48(32-40)45-13-7-10-16-53(45)64-54/h5-16,18-21,23-26,28-33,44,52H,1,17,22,27H2,2-4H3/q+2. The highest BCUT2D eigenvalue weighted by Crippen LogP contribution is 2.48. The number of allylic oxidation sites excluding steroid dienone is 1. The molecule has 13 rings (SSSR count). The number of imidazole rings is 1. The fraction of sp³-hybridized carbons (Fsp3) is 0.138. The first-order chi connectivity index (χ1) is 32.1. The Hall–Kier alpha value is -6.58. The Bertz CT molecular complexity index is 3850. The molecule has 320 valence electrons. The van der Waals surface area contributed by atoms with E-state index in [-0.39, 0.29) is 12.0 Å². The molecular weight excluding hydrogens is 869 g/mol. The number of hydrogen-bond donors (Lipinski definition) is 0. The molecule has 8 heteroatoms. The van der Waals surface area contributed by atoms with Crippen molar-refractivity contribution in [2.75, 3.05) is 0 Å². The largest absolute Gasteiger partial charge is 0.301 e. The van der Waals surface area contributed by atoms with Crippen LogP contribution in [-0.4, -0.2) is 12.6 Å². The van der Waals surface area contributed by atoms with Gasteiger partial charge in [-0.15, -0.1) is 22.7 Å². The molecule has 11 aromatic rings. The molecule has 6 heterocycles. The number of para-hydroxylation sites is 2. The van der Waals surface area contributed by atoms with E-state index in [0.29, 0.717) is 5.56 Å². The molecule has 0 radical (unpaired) electrons. The van der Waals surface area contributed by atoms with Crippen LogP contribution < -0.4 is 14.3 Å². The van der Waals surface area contributed by atoms with Gasteiger partial charge in [0.15, 0.2) is 23.3 Å². The predicted molar refractivity (Wildman–Crippen MR) is 275 cm³/mol. The summed E-state index contributed by atoms with van der Waals surface area (Å²) in [6.45, 7) is 12.4. The molecule has 0 aliphatic carbocycles. The van der Waals surface area contributed by atoms with Crippen LogP contribution in [0.3, 0.4) is 0 Å². The van der Waals surface area contributed by atoms with Crippen molar-refractivity contribution in [2.24, 2.45) is 0 Å². The third kappa shape index (κ3) is 6.08. The molecule has 7 aromatic carbocycles. The number of halogens is 2. The molecule has 2 atom stereocenters. The van der Waals surface area contributed by atoms with Gasteiger partial charge in [-0.2, -0.15) is 13.7 Å². The first kappa shape index (κ1) is 39.8. The Morgan fingerprint density at radius 2 is 1.41 bits per heavy atom. The number of aromatic nitrogens is 3. The van der Waals surface area contributed by atoms with Crippen molar-refractivity contribution in [1.29, 1.82) is 0 Å². The van der Waals surface area contributed by atoms with Gasteiger partial charge in [0.25, 0.3) is 0 Å². The van der Waals surface area contributed by atoms with Gasteiger partial charge in [0, 0.05) is 64.4 Å². The van der Waals surface area contributed by atoms with Crippen LogP contribution in [0.5, 0.6) is 0 Å². The second-order valence-corrected chi connectivity index (χ2v) is 26.5. The molecule has 3 nitrogen and oxygen atoms in total. The van der Waals surface area contributed by atoms with E-state index in [0.717, 1.165) is 74.6 Å². The van der Waals surface area contributed by atoms with Crippen LogP contribution in [0.15, 0.2) is 164 Å². The Morgan fingerprint density at radius 3 is 2.27 bits per heavy atom. The van der Waals surface area contributed by atoms with Crippen molar-refractivity contribution in [2.45, 2.75) is 50.9 Å². The van der Waals surface area contributed by atoms with E-state index in [1.807, 2.05) is 17.4 Å². The number of pyridine rings is 1. The van der Waals surface area contributed by atoms with Crippen molar-refractivity contribution in [3.63, 3.8) is 0 Å². The lowest BCUT2D eigenvalue weighted by Crippen LogP contribution is -2.53. The first-order valence-corrected chi connectivity index (χ1v) is 28.0. The third-order valence-electron chi connectivity index (χ3n) is 14.3. The maximum Gasteiger partial charge on any atom is 0.301 e. The van der Waals surface area contributed by atoms with E-state index in [1.54, 1.807) is 11.3 Å². The lowest BCUT2D eigenvalue weighted by molar-refractivity contribution is -0.719. The molecule has 0 N–H and O–H groups in total. The fourth-order valence-corrected chi connectivity index (χ4v) is 14.7. The minimum atomic E-state index is -1.66. The average molecular weight is 914 g/mol. The molecule has 66 heavy (non-hydrogen) atoms. The van der Waals surface area contributed by atoms with Gasteiger partial charge in [-0.25, -0.2) is 8.78 Å². The molecule has 2 unspecified atom stereocenters. The normalized spacial score (nSPS) is 16.1. The second-order valence-electron chi connectivity index (χ2n) is 19.2. The smallest absolute Gasteiger partial charge is 0.207 e. The molecule has 0 saturated heterocycles. The quantitative estimate of drug-likeness (QED) is 0.124. The fourth-order valence-electron chi connectivity index (χ4n) is 11.2. The molecule has 2 aliphatic heterocycles. The summed E-state index contributed by atoms with van der Waals surface area (Å²) < 4.78 is 41.7. The molecular formula is C58H45F2N3S2Si+2. The van der Waals surface area contributed by atoms with Crippen LogP contribution in [0.25, 0.3) is 96.5 Å². The van der Waals surface area contributed by atoms with Gasteiger partial charge in [0.2, 0.25) is 5.69 Å². The highest BCUT2D eigenvalue weighted by atomic mass is 32.1. The Labute approximate surface area is 390 Å². The predicted octanol–water partition coefficient (Wildman–Crippen LogP) is 14.9. The molecule has 0 saturated carbocycles. The average Bonchev–Trinajstić information content (AvgIpc) is 3.99. The highest BCUT2D eigenvalue weighted by molar-refractivity contribution is 7.26. The van der Waals surface area contributed by atoms with Crippen LogP contribution in [-0.2, 0) is 6.42 Å². The summed E-state index contributed by atoms with van der Waals surface area (Å²) in [5.74, 6) is 0.176. The van der Waals surface area contributed by atoms with Crippen LogP contribution in [0.2, 0.25) is 19.6 Å². The van der Waals surface area contributed by atoms with E-state index >= 15 is 0 Å². The summed E-state index contributed by atoms with van der Waals surface area (Å²) in [7, 11) is -1.66. The third-order valence-corrected chi connectivity index (χ3v) is 18.7. The molecule has 4 aromatic heterocycles. The van der Waals surface area contributed by atoms with Crippen molar-refractivity contribution < 1.29 is 17.9 Å². The maximum absolute atomic E-state index is 14.6. The number of rotatable bonds is 3. The van der Waals surface area contributed by atoms with Gasteiger partial charge in [-0.3, -0.25) is 0 Å². The Morgan fingerprint density at radius 1 is 0.667 bits per heavy atom. The molecule has 0 spiro atoms. The minimum absolute atomic E-state index is 0.148. The van der Waals surface area contributed by atoms with Gasteiger partial charge < -0.3 is 0 Å². The first-order valence-electron chi connectivity index (χ1n) is 22.8. The number of aryl methyl sites for hydroxylation is 1. The van der Waals surface area contributed by atoms with Crippen molar-refractivity contribution in [3.8, 4) is 39.5 Å². The van der Waals surface area contributed by atoms with Gasteiger partial charge in [-0.05, 0) is 102 Å². The zero-order valence-corrected chi connectivity index (χ0v) is 39.5. The van der Waals surface area contributed by atoms with Gasteiger partial charge in [0.1, 0.15) is 23.0 Å². The number of thiophene rings is 2. The van der Waals surface area contributed by atoms with Gasteiger partial charge in [0.05, 0.1) is 24.8 Å². The lowest BCUT2D eigenvalue weighted by atomic mass is 9.77. The summed E-state index contributed by atoms with van der Waals surface area (Å²) in [6.07, 6.45) is 5.08. The molecule has 2 aliphatic rings. The highest BCUT2D eigenvalue weighted by Gasteiger charge is 2.44. The lowest BCUT2D eigenvalue weighted by Gasteiger charge is -2.32. The summed E-state index contributed by atoms with van der Waals surface area (Å²) in [4.78, 5) is 0. The number of benzene rings is 7. The van der Waals surface area contributed by atoms with E-state index in [4.69, 9.17) is 6.58 Å². The van der Waals surface area contributed by atoms with E-state index in [1.165, 1.54) is 70.1 Å². The zero-order chi connectivity index (χ0) is 44.6. The second kappa shape index (κ2) is 14.7. The summed E-state index contributed by atoms with van der Waals surface area (Å²) in [6, 6.07) is 53.2. The topological polar surface area (TPSA) is 12.7 Å². The van der Waals surface area contributed by atoms with Crippen LogP contribution >= 0.6 is 22.7 Å². The Balaban J connectivity index is 1.11. The van der Waals surface area contributed by atoms with Gasteiger partial charge >= 0.3 is 5.82 Å². The SMILES string of the molecule is C=C1CC2C(CCc3ccc4c(sc5ccc(-c6cc(F)cc(F)c6)cc54)c3-c3n(-c4ccc5sc6ccccc6c5c4)c4ccccc4[n+]31)c1ccccc1-c1ccc([Si](C)(C)C)c[n+]12. The van der Waals surface area contributed by atoms with Crippen molar-refractivity contribution in [1.82, 2.24) is 4.57 Å². The maximum atomic E-state index is 14.6. The van der Waals surface area contributed by atoms with Crippen LogP contribution in [0.4, 0.5) is 8.78 Å². The number of fused-ring (bicyclic) bond motifs is 18. The van der Waals surface area contributed by atoms with Gasteiger partial charge in [-0.1, -0.05) is 99.0 Å². The Kier molecular flexibility index (Phi) is 8.86. The summed E-state index contributed by atoms with van der Waals surface area (Å²) in [5, 5.41) is 6.17. The molecule has 0 bridgehead atoms. The zero-order valence-electron chi connectivity index (χ0n) is 36.9. The number of hydrogen-bond acceptors (Lipinski definition) is 2. The van der Waals surface area contributed by atoms with E-state index in [9.17, 15) is 8.78 Å². The minimum Gasteiger partial charge on any atom is -0.207 e. The number of nitrogens with zero attached hydrogens (tertiary/aromatic N) is 3. The monoisotopic (exact) mass is 913 g/mol. The summed E-state index contributed by atoms with van der Waals surface area (Å²) in [5.41, 5.74) is 12.2. The van der Waals surface area contributed by atoms with Crippen molar-refractivity contribution in [3.05, 3.63) is 187 Å². The van der Waals surface area contributed by atoms with E-state index in [2.05, 4.69) is 167 Å². The van der Waals surface area contributed by atoms with Crippen molar-refractivity contribution >= 4 is 93.0 Å². The molecule has 0 amide bonds. The van der Waals surface area contributed by atoms with Crippen LogP contribution in [0.1, 0.15) is 35.9 Å².